The van der Waals surface area contributed by atoms with Crippen molar-refractivity contribution in [2.75, 3.05) is 23.5 Å². The molecule has 1 aromatic carbocycles. The van der Waals surface area contributed by atoms with Crippen molar-refractivity contribution in [1.82, 2.24) is 0 Å². The second-order valence-corrected chi connectivity index (χ2v) is 7.24. The maximum atomic E-state index is 11.5. The van der Waals surface area contributed by atoms with Crippen LogP contribution in [-0.2, 0) is 9.84 Å². The van der Waals surface area contributed by atoms with Crippen molar-refractivity contribution in [3.05, 3.63) is 29.8 Å². The van der Waals surface area contributed by atoms with Gasteiger partial charge in [-0.1, -0.05) is 18.2 Å². The first-order valence-electron chi connectivity index (χ1n) is 6.18. The molecule has 1 aliphatic rings. The summed E-state index contributed by atoms with van der Waals surface area (Å²) in [6.07, 6.45) is 0.701. The van der Waals surface area contributed by atoms with Gasteiger partial charge in [-0.05, 0) is 25.0 Å². The zero-order valence-electron chi connectivity index (χ0n) is 10.8. The average molecular weight is 268 g/mol. The third-order valence-electron chi connectivity index (χ3n) is 3.56. The SMILES string of the molecule is C[C@H](N)c1ccccc1N(C)C1CCS(=O)(=O)C1. The van der Waals surface area contributed by atoms with Crippen LogP contribution in [0.1, 0.15) is 24.9 Å². The first kappa shape index (κ1) is 13.4. The molecular weight excluding hydrogens is 248 g/mol. The maximum Gasteiger partial charge on any atom is 0.152 e. The Morgan fingerprint density at radius 2 is 2.06 bits per heavy atom. The lowest BCUT2D eigenvalue weighted by atomic mass is 10.0. The summed E-state index contributed by atoms with van der Waals surface area (Å²) in [5.74, 6) is 0.541. The molecule has 0 radical (unpaired) electrons. The van der Waals surface area contributed by atoms with Crippen LogP contribution in [0.2, 0.25) is 0 Å². The Labute approximate surface area is 109 Å². The van der Waals surface area contributed by atoms with Gasteiger partial charge >= 0.3 is 0 Å². The molecule has 0 aromatic heterocycles. The van der Waals surface area contributed by atoms with Crippen LogP contribution in [-0.4, -0.2) is 33.0 Å². The van der Waals surface area contributed by atoms with Crippen molar-refractivity contribution in [3.63, 3.8) is 0 Å². The molecule has 2 atom stereocenters. The average Bonchev–Trinajstić information content (AvgIpc) is 2.68. The summed E-state index contributed by atoms with van der Waals surface area (Å²) in [5.41, 5.74) is 8.06. The summed E-state index contributed by atoms with van der Waals surface area (Å²) in [4.78, 5) is 2.06. The Morgan fingerprint density at radius 3 is 2.61 bits per heavy atom. The van der Waals surface area contributed by atoms with E-state index in [1.165, 1.54) is 0 Å². The molecule has 1 heterocycles. The van der Waals surface area contributed by atoms with Gasteiger partial charge in [0.25, 0.3) is 0 Å². The molecule has 2 rings (SSSR count). The number of benzene rings is 1. The molecule has 18 heavy (non-hydrogen) atoms. The van der Waals surface area contributed by atoms with Gasteiger partial charge in [0.15, 0.2) is 9.84 Å². The summed E-state index contributed by atoms with van der Waals surface area (Å²) in [5, 5.41) is 0. The number of hydrogen-bond donors (Lipinski definition) is 1. The Morgan fingerprint density at radius 1 is 1.39 bits per heavy atom. The van der Waals surface area contributed by atoms with Gasteiger partial charge in [0.2, 0.25) is 0 Å². The minimum atomic E-state index is -2.85. The fraction of sp³-hybridized carbons (Fsp3) is 0.538. The molecule has 1 aromatic rings. The van der Waals surface area contributed by atoms with E-state index in [9.17, 15) is 8.42 Å². The number of nitrogens with zero attached hydrogens (tertiary/aromatic N) is 1. The Kier molecular flexibility index (Phi) is 3.64. The van der Waals surface area contributed by atoms with Gasteiger partial charge in [0.05, 0.1) is 11.5 Å². The number of para-hydroxylation sites is 1. The summed E-state index contributed by atoms with van der Waals surface area (Å²) < 4.78 is 23.1. The van der Waals surface area contributed by atoms with Crippen molar-refractivity contribution in [1.29, 1.82) is 0 Å². The molecule has 4 nitrogen and oxygen atoms in total. The molecule has 1 saturated heterocycles. The van der Waals surface area contributed by atoms with Crippen LogP contribution < -0.4 is 10.6 Å². The van der Waals surface area contributed by atoms with Crippen LogP contribution in [0.3, 0.4) is 0 Å². The second-order valence-electron chi connectivity index (χ2n) is 5.02. The molecular formula is C13H20N2O2S. The topological polar surface area (TPSA) is 63.4 Å². The van der Waals surface area contributed by atoms with Crippen LogP contribution in [0.25, 0.3) is 0 Å². The fourth-order valence-corrected chi connectivity index (χ4v) is 4.25. The monoisotopic (exact) mass is 268 g/mol. The Bertz CT molecular complexity index is 526. The first-order chi connectivity index (χ1) is 8.41. The largest absolute Gasteiger partial charge is 0.370 e. The minimum absolute atomic E-state index is 0.0540. The van der Waals surface area contributed by atoms with Crippen LogP contribution in [0.15, 0.2) is 24.3 Å². The van der Waals surface area contributed by atoms with Crippen LogP contribution in [0.5, 0.6) is 0 Å². The lowest BCUT2D eigenvalue weighted by Gasteiger charge is -2.28. The lowest BCUT2D eigenvalue weighted by molar-refractivity contribution is 0.600. The number of sulfone groups is 1. The van der Waals surface area contributed by atoms with E-state index in [-0.39, 0.29) is 17.8 Å². The standard InChI is InChI=1S/C13H20N2O2S/c1-10(14)12-5-3-4-6-13(12)15(2)11-7-8-18(16,17)9-11/h3-6,10-11H,7-9,14H2,1-2H3/t10-,11?/m0/s1. The Hall–Kier alpha value is -1.07. The fourth-order valence-electron chi connectivity index (χ4n) is 2.47. The predicted octanol–water partition coefficient (Wildman–Crippen LogP) is 1.33. The van der Waals surface area contributed by atoms with Gasteiger partial charge in [-0.2, -0.15) is 0 Å². The molecule has 0 saturated carbocycles. The van der Waals surface area contributed by atoms with E-state index in [4.69, 9.17) is 5.73 Å². The molecule has 0 bridgehead atoms. The van der Waals surface area contributed by atoms with Crippen molar-refractivity contribution < 1.29 is 8.42 Å². The van der Waals surface area contributed by atoms with Crippen molar-refractivity contribution in [3.8, 4) is 0 Å². The normalized spacial score (nSPS) is 23.8. The van der Waals surface area contributed by atoms with Crippen LogP contribution in [0.4, 0.5) is 5.69 Å². The molecule has 100 valence electrons. The lowest BCUT2D eigenvalue weighted by Crippen LogP contribution is -2.33. The number of rotatable bonds is 3. The van der Waals surface area contributed by atoms with Crippen LogP contribution in [0, 0.1) is 0 Å². The van der Waals surface area contributed by atoms with Gasteiger partial charge < -0.3 is 10.6 Å². The highest BCUT2D eigenvalue weighted by Crippen LogP contribution is 2.28. The maximum absolute atomic E-state index is 11.5. The molecule has 1 unspecified atom stereocenters. The molecule has 5 heteroatoms. The van der Waals surface area contributed by atoms with Crippen molar-refractivity contribution >= 4 is 15.5 Å². The highest BCUT2D eigenvalue weighted by molar-refractivity contribution is 7.91. The zero-order chi connectivity index (χ0) is 13.3. The smallest absolute Gasteiger partial charge is 0.152 e. The van der Waals surface area contributed by atoms with E-state index < -0.39 is 9.84 Å². The second kappa shape index (κ2) is 4.90. The van der Waals surface area contributed by atoms with Gasteiger partial charge in [0, 0.05) is 24.8 Å². The quantitative estimate of drug-likeness (QED) is 0.898. The summed E-state index contributed by atoms with van der Waals surface area (Å²) >= 11 is 0. The number of anilines is 1. The third kappa shape index (κ3) is 2.67. The van der Waals surface area contributed by atoms with E-state index in [0.717, 1.165) is 11.3 Å². The first-order valence-corrected chi connectivity index (χ1v) is 8.00. The Balaban J connectivity index is 2.27. The number of nitrogens with two attached hydrogens (primary N) is 1. The number of hydrogen-bond acceptors (Lipinski definition) is 4. The third-order valence-corrected chi connectivity index (χ3v) is 5.31. The zero-order valence-corrected chi connectivity index (χ0v) is 11.7. The van der Waals surface area contributed by atoms with Gasteiger partial charge in [0.1, 0.15) is 0 Å². The molecule has 2 N–H and O–H groups in total. The molecule has 1 aliphatic heterocycles. The summed E-state index contributed by atoms with van der Waals surface area (Å²) in [6.45, 7) is 1.94. The molecule has 0 spiro atoms. The van der Waals surface area contributed by atoms with Gasteiger partial charge in [-0.15, -0.1) is 0 Å². The predicted molar refractivity (Wildman–Crippen MR) is 74.5 cm³/mol. The molecule has 0 aliphatic carbocycles. The van der Waals surface area contributed by atoms with E-state index in [1.54, 1.807) is 0 Å². The molecule has 1 fully saturated rings. The molecule has 0 amide bonds. The van der Waals surface area contributed by atoms with E-state index in [2.05, 4.69) is 4.90 Å². The van der Waals surface area contributed by atoms with Crippen molar-refractivity contribution in [2.24, 2.45) is 5.73 Å². The van der Waals surface area contributed by atoms with Crippen LogP contribution >= 0.6 is 0 Å². The van der Waals surface area contributed by atoms with E-state index in [1.807, 2.05) is 38.2 Å². The van der Waals surface area contributed by atoms with E-state index in [0.29, 0.717) is 12.2 Å². The minimum Gasteiger partial charge on any atom is -0.370 e. The van der Waals surface area contributed by atoms with Gasteiger partial charge in [-0.3, -0.25) is 0 Å². The van der Waals surface area contributed by atoms with E-state index >= 15 is 0 Å². The summed E-state index contributed by atoms with van der Waals surface area (Å²) in [7, 11) is -0.903. The van der Waals surface area contributed by atoms with Crippen molar-refractivity contribution in [2.45, 2.75) is 25.4 Å². The highest BCUT2D eigenvalue weighted by atomic mass is 32.2. The van der Waals surface area contributed by atoms with Gasteiger partial charge in [-0.25, -0.2) is 8.42 Å². The summed E-state index contributed by atoms with van der Waals surface area (Å²) in [6, 6.07) is 7.93. The highest BCUT2D eigenvalue weighted by Gasteiger charge is 2.31.